The van der Waals surface area contributed by atoms with E-state index in [1.807, 2.05) is 4.90 Å². The zero-order valence-corrected chi connectivity index (χ0v) is 14.4. The summed E-state index contributed by atoms with van der Waals surface area (Å²) in [6.07, 6.45) is -5.08. The standard InChI is InChI=1S/C17H23F3N2O3/c1-12(23)25-15-4-3-13(11-16(15)24-2)14(5-6-17(18,19)20)22-9-7-21-8-10-22/h3-4,11,14,21H,5-10H2,1-2H3/t14-/m1/s1. The molecular formula is C17H23F3N2O3. The molecule has 1 aliphatic rings. The summed E-state index contributed by atoms with van der Waals surface area (Å²) in [5.41, 5.74) is 0.721. The Bertz CT molecular complexity index is 587. The van der Waals surface area contributed by atoms with Crippen LogP contribution in [0.15, 0.2) is 18.2 Å². The van der Waals surface area contributed by atoms with E-state index < -0.39 is 18.6 Å². The minimum Gasteiger partial charge on any atom is -0.493 e. The molecule has 25 heavy (non-hydrogen) atoms. The van der Waals surface area contributed by atoms with Crippen molar-refractivity contribution < 1.29 is 27.4 Å². The third kappa shape index (κ3) is 5.89. The number of carbonyl (C=O) groups excluding carboxylic acids is 1. The van der Waals surface area contributed by atoms with Crippen LogP contribution in [0.1, 0.15) is 31.4 Å². The monoisotopic (exact) mass is 360 g/mol. The Morgan fingerprint density at radius 1 is 1.28 bits per heavy atom. The molecule has 0 spiro atoms. The van der Waals surface area contributed by atoms with Gasteiger partial charge in [0.25, 0.3) is 0 Å². The Kier molecular flexibility index (Phi) is 6.66. The van der Waals surface area contributed by atoms with Crippen LogP contribution < -0.4 is 14.8 Å². The van der Waals surface area contributed by atoms with Crippen LogP contribution in [0, 0.1) is 0 Å². The number of methoxy groups -OCH3 is 1. The Morgan fingerprint density at radius 3 is 2.52 bits per heavy atom. The van der Waals surface area contributed by atoms with Crippen molar-refractivity contribution in [2.45, 2.75) is 32.0 Å². The molecule has 2 rings (SSSR count). The summed E-state index contributed by atoms with van der Waals surface area (Å²) in [4.78, 5) is 13.2. The number of nitrogens with one attached hydrogen (secondary N) is 1. The minimum absolute atomic E-state index is 0.0282. The molecule has 1 aliphatic heterocycles. The van der Waals surface area contributed by atoms with Gasteiger partial charge in [-0.3, -0.25) is 9.69 Å². The van der Waals surface area contributed by atoms with Gasteiger partial charge in [0.1, 0.15) is 0 Å². The summed E-state index contributed by atoms with van der Waals surface area (Å²) in [6.45, 7) is 4.11. The first-order chi connectivity index (χ1) is 11.8. The van der Waals surface area contributed by atoms with Gasteiger partial charge in [-0.2, -0.15) is 13.2 Å². The molecule has 8 heteroatoms. The summed E-state index contributed by atoms with van der Waals surface area (Å²) < 4.78 is 48.5. The Morgan fingerprint density at radius 2 is 1.96 bits per heavy atom. The lowest BCUT2D eigenvalue weighted by Crippen LogP contribution is -2.45. The molecule has 140 valence electrons. The van der Waals surface area contributed by atoms with Gasteiger partial charge in [0.15, 0.2) is 11.5 Å². The summed E-state index contributed by atoms with van der Waals surface area (Å²) in [6, 6.07) is 4.55. The van der Waals surface area contributed by atoms with Crippen LogP contribution in [-0.4, -0.2) is 50.3 Å². The van der Waals surface area contributed by atoms with Crippen molar-refractivity contribution in [3.63, 3.8) is 0 Å². The fourth-order valence-electron chi connectivity index (χ4n) is 2.98. The van der Waals surface area contributed by atoms with Gasteiger partial charge in [-0.05, 0) is 24.1 Å². The van der Waals surface area contributed by atoms with Gasteiger partial charge in [-0.1, -0.05) is 6.07 Å². The van der Waals surface area contributed by atoms with Crippen molar-refractivity contribution in [2.75, 3.05) is 33.3 Å². The van der Waals surface area contributed by atoms with Crippen molar-refractivity contribution in [1.29, 1.82) is 0 Å². The number of hydrogen-bond donors (Lipinski definition) is 1. The fraction of sp³-hybridized carbons (Fsp3) is 0.588. The van der Waals surface area contributed by atoms with Crippen molar-refractivity contribution in [2.24, 2.45) is 0 Å². The molecule has 1 heterocycles. The van der Waals surface area contributed by atoms with E-state index in [0.717, 1.165) is 18.7 Å². The van der Waals surface area contributed by atoms with Crippen LogP contribution in [0.3, 0.4) is 0 Å². The molecular weight excluding hydrogens is 337 g/mol. The highest BCUT2D eigenvalue weighted by Crippen LogP contribution is 2.36. The van der Waals surface area contributed by atoms with Gasteiger partial charge in [0.2, 0.25) is 0 Å². The number of rotatable bonds is 6. The summed E-state index contributed by atoms with van der Waals surface area (Å²) in [5, 5.41) is 3.20. The number of halogens is 3. The molecule has 0 amide bonds. The van der Waals surface area contributed by atoms with Gasteiger partial charge < -0.3 is 14.8 Å². The number of alkyl halides is 3. The quantitative estimate of drug-likeness (QED) is 0.624. The second kappa shape index (κ2) is 8.53. The summed E-state index contributed by atoms with van der Waals surface area (Å²) in [5.74, 6) is 0.107. The molecule has 1 fully saturated rings. The average Bonchev–Trinajstić information content (AvgIpc) is 2.55. The number of carbonyl (C=O) groups is 1. The number of hydrogen-bond acceptors (Lipinski definition) is 5. The average molecular weight is 360 g/mol. The second-order valence-corrected chi connectivity index (χ2v) is 5.96. The van der Waals surface area contributed by atoms with Gasteiger partial charge in [-0.25, -0.2) is 0 Å². The van der Waals surface area contributed by atoms with Crippen molar-refractivity contribution in [3.8, 4) is 11.5 Å². The molecule has 0 unspecified atom stereocenters. The zero-order valence-electron chi connectivity index (χ0n) is 14.4. The molecule has 1 N–H and O–H groups in total. The van der Waals surface area contributed by atoms with Crippen LogP contribution in [0.2, 0.25) is 0 Å². The van der Waals surface area contributed by atoms with Crippen LogP contribution >= 0.6 is 0 Å². The maximum absolute atomic E-state index is 12.7. The molecule has 0 aromatic heterocycles. The van der Waals surface area contributed by atoms with Crippen LogP contribution in [0.4, 0.5) is 13.2 Å². The minimum atomic E-state index is -4.20. The second-order valence-electron chi connectivity index (χ2n) is 5.96. The van der Waals surface area contributed by atoms with E-state index in [2.05, 4.69) is 5.32 Å². The summed E-state index contributed by atoms with van der Waals surface area (Å²) >= 11 is 0. The van der Waals surface area contributed by atoms with Gasteiger partial charge >= 0.3 is 12.1 Å². The molecule has 1 aromatic carbocycles. The molecule has 1 saturated heterocycles. The third-order valence-corrected chi connectivity index (χ3v) is 4.12. The van der Waals surface area contributed by atoms with E-state index in [0.29, 0.717) is 18.8 Å². The Hall–Kier alpha value is -1.80. The SMILES string of the molecule is COc1cc([C@@H](CCC(F)(F)F)N2CCNCC2)ccc1OC(C)=O. The van der Waals surface area contributed by atoms with Crippen LogP contribution in [-0.2, 0) is 4.79 Å². The molecule has 0 radical (unpaired) electrons. The van der Waals surface area contributed by atoms with Crippen molar-refractivity contribution in [1.82, 2.24) is 10.2 Å². The topological polar surface area (TPSA) is 50.8 Å². The van der Waals surface area contributed by atoms with Crippen LogP contribution in [0.25, 0.3) is 0 Å². The fourth-order valence-corrected chi connectivity index (χ4v) is 2.98. The lowest BCUT2D eigenvalue weighted by molar-refractivity contribution is -0.138. The lowest BCUT2D eigenvalue weighted by Gasteiger charge is -2.35. The van der Waals surface area contributed by atoms with Gasteiger partial charge in [0, 0.05) is 45.6 Å². The highest BCUT2D eigenvalue weighted by atomic mass is 19.4. The van der Waals surface area contributed by atoms with E-state index in [1.165, 1.54) is 14.0 Å². The summed E-state index contributed by atoms with van der Waals surface area (Å²) in [7, 11) is 1.43. The normalized spacial score (nSPS) is 17.2. The van der Waals surface area contributed by atoms with E-state index in [-0.39, 0.29) is 18.2 Å². The molecule has 0 saturated carbocycles. The first-order valence-electron chi connectivity index (χ1n) is 8.18. The molecule has 1 atom stereocenters. The van der Waals surface area contributed by atoms with Crippen LogP contribution in [0.5, 0.6) is 11.5 Å². The number of nitrogens with zero attached hydrogens (tertiary/aromatic N) is 1. The number of ether oxygens (including phenoxy) is 2. The molecule has 0 bridgehead atoms. The lowest BCUT2D eigenvalue weighted by atomic mass is 9.98. The van der Waals surface area contributed by atoms with Crippen molar-refractivity contribution in [3.05, 3.63) is 23.8 Å². The predicted octanol–water partition coefficient (Wildman–Crippen LogP) is 2.91. The third-order valence-electron chi connectivity index (χ3n) is 4.12. The number of esters is 1. The highest BCUT2D eigenvalue weighted by Gasteiger charge is 2.31. The first kappa shape index (κ1) is 19.5. The first-order valence-corrected chi connectivity index (χ1v) is 8.18. The number of piperazine rings is 1. The maximum Gasteiger partial charge on any atom is 0.389 e. The Balaban J connectivity index is 2.26. The molecule has 1 aromatic rings. The molecule has 0 aliphatic carbocycles. The van der Waals surface area contributed by atoms with Gasteiger partial charge in [0.05, 0.1) is 7.11 Å². The predicted molar refractivity (Wildman–Crippen MR) is 86.8 cm³/mol. The highest BCUT2D eigenvalue weighted by molar-refractivity contribution is 5.70. The zero-order chi connectivity index (χ0) is 18.4. The smallest absolute Gasteiger partial charge is 0.389 e. The Labute approximate surface area is 145 Å². The van der Waals surface area contributed by atoms with E-state index in [1.54, 1.807) is 18.2 Å². The van der Waals surface area contributed by atoms with E-state index in [4.69, 9.17) is 9.47 Å². The van der Waals surface area contributed by atoms with E-state index >= 15 is 0 Å². The number of benzene rings is 1. The maximum atomic E-state index is 12.7. The largest absolute Gasteiger partial charge is 0.493 e. The van der Waals surface area contributed by atoms with Gasteiger partial charge in [-0.15, -0.1) is 0 Å². The van der Waals surface area contributed by atoms with Crippen molar-refractivity contribution >= 4 is 5.97 Å². The molecule has 5 nitrogen and oxygen atoms in total. The van der Waals surface area contributed by atoms with E-state index in [9.17, 15) is 18.0 Å².